The molecule has 1 aliphatic heterocycles. The first-order valence-corrected chi connectivity index (χ1v) is 7.44. The van der Waals surface area contributed by atoms with E-state index < -0.39 is 0 Å². The molecule has 20 heavy (non-hydrogen) atoms. The maximum atomic E-state index is 5.48. The van der Waals surface area contributed by atoms with Crippen molar-refractivity contribution in [3.63, 3.8) is 0 Å². The van der Waals surface area contributed by atoms with Crippen molar-refractivity contribution in [1.82, 2.24) is 0 Å². The van der Waals surface area contributed by atoms with Crippen LogP contribution in [0.25, 0.3) is 0 Å². The van der Waals surface area contributed by atoms with Crippen LogP contribution in [0.5, 0.6) is 0 Å². The first-order chi connectivity index (χ1) is 9.71. The molecule has 110 valence electrons. The van der Waals surface area contributed by atoms with E-state index in [1.807, 2.05) is 13.0 Å². The Hall–Kier alpha value is -1.62. The molecule has 0 aromatic carbocycles. The lowest BCUT2D eigenvalue weighted by Gasteiger charge is -2.14. The van der Waals surface area contributed by atoms with Crippen molar-refractivity contribution >= 4 is 0 Å². The Labute approximate surface area is 123 Å². The normalized spacial score (nSPS) is 17.0. The summed E-state index contributed by atoms with van der Waals surface area (Å²) in [6.45, 7) is 6.53. The molecule has 1 rings (SSSR count). The summed E-state index contributed by atoms with van der Waals surface area (Å²) >= 11 is 0. The zero-order chi connectivity index (χ0) is 14.8. The third-order valence-electron chi connectivity index (χ3n) is 3.55. The zero-order valence-electron chi connectivity index (χ0n) is 12.9. The summed E-state index contributed by atoms with van der Waals surface area (Å²) < 4.78 is 10.7. The lowest BCUT2D eigenvalue weighted by atomic mass is 9.91. The number of allylic oxidation sites excluding steroid dienone is 5. The van der Waals surface area contributed by atoms with Crippen LogP contribution in [0.4, 0.5) is 0 Å². The maximum Gasteiger partial charge on any atom is 0.230 e. The molecule has 0 aromatic heterocycles. The monoisotopic (exact) mass is 274 g/mol. The molecule has 0 aromatic rings. The standard InChI is InChI=1S/C18H26O2/c1-5-8-10-17(9-6-2)13-16(7-3)11-12-18-15(4)19-14-20-18/h2,7,11-12,17H,5,8-10,13-14H2,1,3-4H3/b12-11-,16-7+. The van der Waals surface area contributed by atoms with Gasteiger partial charge in [-0.25, -0.2) is 0 Å². The lowest BCUT2D eigenvalue weighted by Crippen LogP contribution is -2.01. The second-order valence-corrected chi connectivity index (χ2v) is 5.14. The smallest absolute Gasteiger partial charge is 0.230 e. The molecule has 0 radical (unpaired) electrons. The number of hydrogen-bond acceptors (Lipinski definition) is 2. The molecule has 1 aliphatic rings. The van der Waals surface area contributed by atoms with Gasteiger partial charge in [-0.2, -0.15) is 0 Å². The number of ether oxygens (including phenoxy) is 2. The van der Waals surface area contributed by atoms with E-state index in [9.17, 15) is 0 Å². The summed E-state index contributed by atoms with van der Waals surface area (Å²) in [5, 5.41) is 0. The Morgan fingerprint density at radius 2 is 2.25 bits per heavy atom. The molecule has 0 saturated heterocycles. The number of hydrogen-bond donors (Lipinski definition) is 0. The first-order valence-electron chi connectivity index (χ1n) is 7.44. The quantitative estimate of drug-likeness (QED) is 0.461. The molecular formula is C18H26O2. The first kappa shape index (κ1) is 16.4. The highest BCUT2D eigenvalue weighted by Gasteiger charge is 2.11. The number of unbranched alkanes of at least 4 members (excludes halogenated alkanes) is 1. The van der Waals surface area contributed by atoms with E-state index in [2.05, 4.69) is 31.9 Å². The third-order valence-corrected chi connectivity index (χ3v) is 3.55. The molecule has 0 aliphatic carbocycles. The molecule has 0 bridgehead atoms. The van der Waals surface area contributed by atoms with E-state index in [4.69, 9.17) is 15.9 Å². The topological polar surface area (TPSA) is 18.5 Å². The van der Waals surface area contributed by atoms with Crippen LogP contribution in [0.1, 0.15) is 52.9 Å². The van der Waals surface area contributed by atoms with E-state index in [0.29, 0.717) is 12.7 Å². The van der Waals surface area contributed by atoms with Gasteiger partial charge in [0.25, 0.3) is 0 Å². The molecule has 1 heterocycles. The van der Waals surface area contributed by atoms with Gasteiger partial charge in [0.15, 0.2) is 5.76 Å². The molecule has 0 fully saturated rings. The molecule has 0 saturated carbocycles. The van der Waals surface area contributed by atoms with Gasteiger partial charge in [-0.05, 0) is 38.7 Å². The van der Waals surface area contributed by atoms with Crippen LogP contribution in [-0.2, 0) is 9.47 Å². The maximum absolute atomic E-state index is 5.48. The van der Waals surface area contributed by atoms with Crippen LogP contribution in [0.15, 0.2) is 35.3 Å². The Morgan fingerprint density at radius 3 is 2.80 bits per heavy atom. The Balaban J connectivity index is 2.59. The molecule has 2 nitrogen and oxygen atoms in total. The highest BCUT2D eigenvalue weighted by molar-refractivity contribution is 5.27. The average Bonchev–Trinajstić information content (AvgIpc) is 2.86. The minimum Gasteiger partial charge on any atom is -0.458 e. The molecule has 0 spiro atoms. The predicted molar refractivity (Wildman–Crippen MR) is 83.7 cm³/mol. The molecule has 0 amide bonds. The second kappa shape index (κ2) is 9.31. The summed E-state index contributed by atoms with van der Waals surface area (Å²) in [6, 6.07) is 0. The van der Waals surface area contributed by atoms with E-state index in [0.717, 1.165) is 24.4 Å². The van der Waals surface area contributed by atoms with Crippen LogP contribution >= 0.6 is 0 Å². The summed E-state index contributed by atoms with van der Waals surface area (Å²) in [5.41, 5.74) is 1.30. The van der Waals surface area contributed by atoms with Gasteiger partial charge >= 0.3 is 0 Å². The fraction of sp³-hybridized carbons (Fsp3) is 0.556. The number of rotatable bonds is 8. The van der Waals surface area contributed by atoms with Gasteiger partial charge in [0.05, 0.1) is 0 Å². The van der Waals surface area contributed by atoms with Gasteiger partial charge in [-0.15, -0.1) is 12.3 Å². The van der Waals surface area contributed by atoms with Gasteiger partial charge in [0.1, 0.15) is 5.76 Å². The van der Waals surface area contributed by atoms with Gasteiger partial charge < -0.3 is 9.47 Å². The molecule has 0 N–H and O–H groups in total. The minimum atomic E-state index is 0.326. The highest BCUT2D eigenvalue weighted by Crippen LogP contribution is 2.23. The highest BCUT2D eigenvalue weighted by atomic mass is 16.7. The SMILES string of the molecule is C#CCC(CCCC)CC(/C=C\C1=C(C)OCO1)=C/C. The van der Waals surface area contributed by atoms with Crippen LogP contribution in [0, 0.1) is 18.3 Å². The average molecular weight is 274 g/mol. The summed E-state index contributed by atoms with van der Waals surface area (Å²) in [7, 11) is 0. The van der Waals surface area contributed by atoms with Crippen LogP contribution < -0.4 is 0 Å². The Morgan fingerprint density at radius 1 is 1.45 bits per heavy atom. The molecule has 1 unspecified atom stereocenters. The van der Waals surface area contributed by atoms with Crippen LogP contribution in [-0.4, -0.2) is 6.79 Å². The molecular weight excluding hydrogens is 248 g/mol. The van der Waals surface area contributed by atoms with Crippen LogP contribution in [0.3, 0.4) is 0 Å². The van der Waals surface area contributed by atoms with Crippen molar-refractivity contribution < 1.29 is 9.47 Å². The lowest BCUT2D eigenvalue weighted by molar-refractivity contribution is 0.0750. The van der Waals surface area contributed by atoms with Crippen molar-refractivity contribution in [3.05, 3.63) is 35.3 Å². The van der Waals surface area contributed by atoms with Gasteiger partial charge in [-0.3, -0.25) is 0 Å². The van der Waals surface area contributed by atoms with Crippen LogP contribution in [0.2, 0.25) is 0 Å². The fourth-order valence-electron chi connectivity index (χ4n) is 2.25. The predicted octanol–water partition coefficient (Wildman–Crippen LogP) is 4.94. The van der Waals surface area contributed by atoms with Crippen molar-refractivity contribution in [3.8, 4) is 12.3 Å². The van der Waals surface area contributed by atoms with Gasteiger partial charge in [-0.1, -0.05) is 37.5 Å². The fourth-order valence-corrected chi connectivity index (χ4v) is 2.25. The van der Waals surface area contributed by atoms with E-state index in [1.54, 1.807) is 0 Å². The van der Waals surface area contributed by atoms with Crippen molar-refractivity contribution in [2.24, 2.45) is 5.92 Å². The van der Waals surface area contributed by atoms with Crippen molar-refractivity contribution in [1.29, 1.82) is 0 Å². The van der Waals surface area contributed by atoms with Crippen molar-refractivity contribution in [2.45, 2.75) is 52.9 Å². The molecule has 2 heteroatoms. The van der Waals surface area contributed by atoms with Gasteiger partial charge in [0, 0.05) is 6.42 Å². The Kier molecular flexibility index (Phi) is 7.65. The largest absolute Gasteiger partial charge is 0.458 e. The van der Waals surface area contributed by atoms with Crippen molar-refractivity contribution in [2.75, 3.05) is 6.79 Å². The number of terminal acetylenes is 1. The van der Waals surface area contributed by atoms with E-state index >= 15 is 0 Å². The third kappa shape index (κ3) is 5.57. The summed E-state index contributed by atoms with van der Waals surface area (Å²) in [5.74, 6) is 5.06. The second-order valence-electron chi connectivity index (χ2n) is 5.14. The van der Waals surface area contributed by atoms with E-state index in [-0.39, 0.29) is 0 Å². The van der Waals surface area contributed by atoms with E-state index in [1.165, 1.54) is 24.8 Å². The summed E-state index contributed by atoms with van der Waals surface area (Å²) in [6.07, 6.45) is 17.3. The minimum absolute atomic E-state index is 0.326. The molecule has 1 atom stereocenters. The Bertz CT molecular complexity index is 421. The van der Waals surface area contributed by atoms with Gasteiger partial charge in [0.2, 0.25) is 6.79 Å². The summed E-state index contributed by atoms with van der Waals surface area (Å²) in [4.78, 5) is 0. The zero-order valence-corrected chi connectivity index (χ0v) is 12.9.